The molecule has 1 unspecified atom stereocenters. The van der Waals surface area contributed by atoms with E-state index in [2.05, 4.69) is 10.3 Å². The lowest BCUT2D eigenvalue weighted by molar-refractivity contribution is -0.138. The second kappa shape index (κ2) is 8.57. The molecule has 9 heteroatoms. The maximum atomic E-state index is 13.3. The summed E-state index contributed by atoms with van der Waals surface area (Å²) in [7, 11) is 2.87. The van der Waals surface area contributed by atoms with Crippen LogP contribution in [0.4, 0.5) is 13.2 Å². The summed E-state index contributed by atoms with van der Waals surface area (Å²) in [6.45, 7) is 0.172. The molecular formula is C23H21F3N2O4. The molecule has 0 aromatic heterocycles. The van der Waals surface area contributed by atoms with Gasteiger partial charge in [-0.2, -0.15) is 13.2 Å². The van der Waals surface area contributed by atoms with Crippen LogP contribution in [-0.4, -0.2) is 32.5 Å². The summed E-state index contributed by atoms with van der Waals surface area (Å²) in [5, 5.41) is 2.77. The number of ether oxygens (including phenoxy) is 3. The second-order valence-electron chi connectivity index (χ2n) is 7.35. The molecule has 1 saturated heterocycles. The lowest BCUT2D eigenvalue weighted by atomic mass is 9.84. The molecule has 0 radical (unpaired) electrons. The molecule has 0 saturated carbocycles. The van der Waals surface area contributed by atoms with E-state index in [1.54, 1.807) is 12.1 Å². The number of amides is 1. The fraction of sp³-hybridized carbons (Fsp3) is 0.304. The average molecular weight is 446 g/mol. The summed E-state index contributed by atoms with van der Waals surface area (Å²) in [6, 6.07) is 8.66. The molecule has 2 aliphatic heterocycles. The van der Waals surface area contributed by atoms with Crippen molar-refractivity contribution < 1.29 is 32.2 Å². The largest absolute Gasteiger partial charge is 0.493 e. The number of fused-ring (bicyclic) bond motifs is 1. The quantitative estimate of drug-likeness (QED) is 0.721. The highest BCUT2D eigenvalue weighted by atomic mass is 19.4. The SMILES string of the molecule is COc1cc(C2CC(=O)NC3=NCC=C32)cc(OC)c1OCc1ccccc1C(F)(F)F. The zero-order chi connectivity index (χ0) is 22.9. The topological polar surface area (TPSA) is 69.2 Å². The van der Waals surface area contributed by atoms with Gasteiger partial charge in [0.15, 0.2) is 11.5 Å². The van der Waals surface area contributed by atoms with Gasteiger partial charge in [-0.3, -0.25) is 9.79 Å². The monoisotopic (exact) mass is 446 g/mol. The molecule has 32 heavy (non-hydrogen) atoms. The molecule has 4 rings (SSSR count). The minimum Gasteiger partial charge on any atom is -0.493 e. The van der Waals surface area contributed by atoms with Gasteiger partial charge in [0, 0.05) is 23.5 Å². The number of hydrogen-bond donors (Lipinski definition) is 1. The summed E-state index contributed by atoms with van der Waals surface area (Å²) >= 11 is 0. The first-order valence-corrected chi connectivity index (χ1v) is 9.90. The number of halogens is 3. The maximum Gasteiger partial charge on any atom is 0.416 e. The molecule has 1 N–H and O–H groups in total. The van der Waals surface area contributed by atoms with E-state index in [0.717, 1.165) is 17.2 Å². The Balaban J connectivity index is 1.66. The number of nitrogens with zero attached hydrogens (tertiary/aromatic N) is 1. The summed E-state index contributed by atoms with van der Waals surface area (Å²) < 4.78 is 56.6. The highest BCUT2D eigenvalue weighted by Gasteiger charge is 2.34. The van der Waals surface area contributed by atoms with Crippen LogP contribution in [0.25, 0.3) is 0 Å². The van der Waals surface area contributed by atoms with Gasteiger partial charge in [0.25, 0.3) is 0 Å². The molecule has 2 aromatic carbocycles. The average Bonchev–Trinajstić information content (AvgIpc) is 3.24. The molecular weight excluding hydrogens is 425 g/mol. The van der Waals surface area contributed by atoms with E-state index in [9.17, 15) is 18.0 Å². The number of alkyl halides is 3. The van der Waals surface area contributed by atoms with Crippen LogP contribution in [0, 0.1) is 0 Å². The van der Waals surface area contributed by atoms with Gasteiger partial charge in [0.2, 0.25) is 11.7 Å². The molecule has 2 aromatic rings. The van der Waals surface area contributed by atoms with Gasteiger partial charge in [0.1, 0.15) is 12.4 Å². The van der Waals surface area contributed by atoms with E-state index in [4.69, 9.17) is 14.2 Å². The van der Waals surface area contributed by atoms with Gasteiger partial charge in [-0.05, 0) is 23.8 Å². The standard InChI is InChI=1S/C23H21F3N2O4/c1-30-18-9-14(16-11-20(29)28-22-15(16)7-8-27-22)10-19(31-2)21(18)32-12-13-5-3-4-6-17(13)23(24,25)26/h3-7,9-10,16H,8,11-12H2,1-2H3,(H,27,28,29). The number of methoxy groups -OCH3 is 2. The number of aliphatic imine (C=N–C) groups is 1. The first kappa shape index (κ1) is 21.7. The molecule has 0 spiro atoms. The van der Waals surface area contributed by atoms with Crippen LogP contribution in [0.2, 0.25) is 0 Å². The summed E-state index contributed by atoms with van der Waals surface area (Å²) in [5.74, 6) is 0.958. The zero-order valence-corrected chi connectivity index (χ0v) is 17.5. The third-order valence-electron chi connectivity index (χ3n) is 5.44. The minimum absolute atomic E-state index is 0.00546. The van der Waals surface area contributed by atoms with Crippen molar-refractivity contribution >= 4 is 11.7 Å². The third-order valence-corrected chi connectivity index (χ3v) is 5.44. The Morgan fingerprint density at radius 3 is 2.47 bits per heavy atom. The normalized spacial score (nSPS) is 17.8. The number of piperidine rings is 1. The zero-order valence-electron chi connectivity index (χ0n) is 17.5. The van der Waals surface area contributed by atoms with Crippen molar-refractivity contribution in [3.8, 4) is 17.2 Å². The van der Waals surface area contributed by atoms with Crippen molar-refractivity contribution in [3.05, 3.63) is 64.7 Å². The lowest BCUT2D eigenvalue weighted by Gasteiger charge is -2.26. The van der Waals surface area contributed by atoms with Crippen LogP contribution < -0.4 is 19.5 Å². The van der Waals surface area contributed by atoms with Crippen LogP contribution in [0.1, 0.15) is 29.0 Å². The molecule has 2 heterocycles. The second-order valence-corrected chi connectivity index (χ2v) is 7.35. The first-order chi connectivity index (χ1) is 15.3. The van der Waals surface area contributed by atoms with Crippen LogP contribution in [0.15, 0.2) is 53.0 Å². The van der Waals surface area contributed by atoms with Crippen LogP contribution >= 0.6 is 0 Å². The van der Waals surface area contributed by atoms with E-state index in [0.29, 0.717) is 23.9 Å². The van der Waals surface area contributed by atoms with Gasteiger partial charge in [-0.1, -0.05) is 24.3 Å². The number of carbonyl (C=O) groups is 1. The van der Waals surface area contributed by atoms with Gasteiger partial charge in [-0.25, -0.2) is 0 Å². The fourth-order valence-electron chi connectivity index (χ4n) is 3.93. The first-order valence-electron chi connectivity index (χ1n) is 9.90. The van der Waals surface area contributed by atoms with Crippen molar-refractivity contribution in [2.45, 2.75) is 25.1 Å². The number of benzene rings is 2. The maximum absolute atomic E-state index is 13.3. The Morgan fingerprint density at radius 1 is 1.12 bits per heavy atom. The minimum atomic E-state index is -4.49. The molecule has 168 valence electrons. The predicted molar refractivity (Wildman–Crippen MR) is 111 cm³/mol. The number of nitrogens with one attached hydrogen (secondary N) is 1. The molecule has 1 amide bonds. The van der Waals surface area contributed by atoms with Crippen LogP contribution in [0.5, 0.6) is 17.2 Å². The third kappa shape index (κ3) is 4.15. The van der Waals surface area contributed by atoms with Crippen molar-refractivity contribution in [2.75, 3.05) is 20.8 Å². The molecule has 6 nitrogen and oxygen atoms in total. The van der Waals surface area contributed by atoms with E-state index < -0.39 is 11.7 Å². The molecule has 0 bridgehead atoms. The number of carbonyl (C=O) groups excluding carboxylic acids is 1. The van der Waals surface area contributed by atoms with Crippen molar-refractivity contribution in [3.63, 3.8) is 0 Å². The van der Waals surface area contributed by atoms with E-state index in [-0.39, 0.29) is 36.2 Å². The van der Waals surface area contributed by atoms with Gasteiger partial charge in [-0.15, -0.1) is 0 Å². The summed E-state index contributed by atoms with van der Waals surface area (Å²) in [6.07, 6.45) is -2.30. The van der Waals surface area contributed by atoms with Crippen LogP contribution in [-0.2, 0) is 17.6 Å². The number of rotatable bonds is 6. The smallest absolute Gasteiger partial charge is 0.416 e. The Hall–Kier alpha value is -3.49. The van der Waals surface area contributed by atoms with Crippen molar-refractivity contribution in [2.24, 2.45) is 4.99 Å². The van der Waals surface area contributed by atoms with E-state index in [1.807, 2.05) is 6.08 Å². The Labute approximate surface area is 182 Å². The van der Waals surface area contributed by atoms with Gasteiger partial charge < -0.3 is 19.5 Å². The van der Waals surface area contributed by atoms with E-state index >= 15 is 0 Å². The molecule has 1 atom stereocenters. The van der Waals surface area contributed by atoms with Gasteiger partial charge in [0.05, 0.1) is 26.3 Å². The summed E-state index contributed by atoms with van der Waals surface area (Å²) in [4.78, 5) is 16.4. The lowest BCUT2D eigenvalue weighted by Crippen LogP contribution is -2.38. The molecule has 0 aliphatic carbocycles. The van der Waals surface area contributed by atoms with Crippen molar-refractivity contribution in [1.82, 2.24) is 5.32 Å². The van der Waals surface area contributed by atoms with Crippen molar-refractivity contribution in [1.29, 1.82) is 0 Å². The number of hydrogen-bond acceptors (Lipinski definition) is 5. The Morgan fingerprint density at radius 2 is 1.81 bits per heavy atom. The Bertz CT molecular complexity index is 1080. The summed E-state index contributed by atoms with van der Waals surface area (Å²) in [5.41, 5.74) is 0.913. The molecule has 2 aliphatic rings. The number of amidine groups is 1. The van der Waals surface area contributed by atoms with Gasteiger partial charge >= 0.3 is 6.18 Å². The predicted octanol–water partition coefficient (Wildman–Crippen LogP) is 4.24. The van der Waals surface area contributed by atoms with E-state index in [1.165, 1.54) is 32.4 Å². The highest BCUT2D eigenvalue weighted by Crippen LogP contribution is 2.44. The molecule has 1 fully saturated rings. The highest BCUT2D eigenvalue weighted by molar-refractivity contribution is 6.12. The Kier molecular flexibility index (Phi) is 5.82. The fourth-order valence-corrected chi connectivity index (χ4v) is 3.93. The van der Waals surface area contributed by atoms with Crippen LogP contribution in [0.3, 0.4) is 0 Å².